The molecule has 0 aliphatic heterocycles. The molecule has 1 heterocycles. The summed E-state index contributed by atoms with van der Waals surface area (Å²) < 4.78 is 4.74. The van der Waals surface area contributed by atoms with E-state index in [0.29, 0.717) is 5.69 Å². The number of anilines is 3. The molecule has 2 aromatic carbocycles. The second-order valence-electron chi connectivity index (χ2n) is 5.92. The Morgan fingerprint density at radius 3 is 2.52 bits per heavy atom. The van der Waals surface area contributed by atoms with Crippen LogP contribution in [-0.2, 0) is 4.74 Å². The number of amides is 1. The normalized spacial score (nSPS) is 10.1. The van der Waals surface area contributed by atoms with Gasteiger partial charge < -0.3 is 15.4 Å². The third-order valence-corrected chi connectivity index (χ3v) is 3.88. The van der Waals surface area contributed by atoms with E-state index in [0.717, 1.165) is 16.9 Å². The van der Waals surface area contributed by atoms with Crippen molar-refractivity contribution in [3.63, 3.8) is 0 Å². The van der Waals surface area contributed by atoms with Gasteiger partial charge in [-0.2, -0.15) is 0 Å². The van der Waals surface area contributed by atoms with Gasteiger partial charge in [-0.25, -0.2) is 4.79 Å². The van der Waals surface area contributed by atoms with Crippen molar-refractivity contribution in [1.29, 1.82) is 0 Å². The Hall–Kier alpha value is -3.67. The number of nitrogens with zero attached hydrogens (tertiary/aromatic N) is 1. The second kappa shape index (κ2) is 8.14. The van der Waals surface area contributed by atoms with Crippen LogP contribution in [0, 0.1) is 6.92 Å². The van der Waals surface area contributed by atoms with Gasteiger partial charge in [-0.15, -0.1) is 0 Å². The first kappa shape index (κ1) is 18.1. The number of benzene rings is 2. The van der Waals surface area contributed by atoms with Crippen LogP contribution >= 0.6 is 0 Å². The van der Waals surface area contributed by atoms with Crippen LogP contribution in [0.4, 0.5) is 17.1 Å². The molecule has 0 spiro atoms. The third kappa shape index (κ3) is 4.49. The summed E-state index contributed by atoms with van der Waals surface area (Å²) in [5, 5.41) is 5.96. The molecule has 0 aliphatic carbocycles. The smallest absolute Gasteiger partial charge is 0.339 e. The Labute approximate surface area is 157 Å². The topological polar surface area (TPSA) is 80.3 Å². The molecule has 0 atom stereocenters. The van der Waals surface area contributed by atoms with Crippen molar-refractivity contribution < 1.29 is 14.3 Å². The molecule has 27 heavy (non-hydrogen) atoms. The number of aromatic nitrogens is 1. The lowest BCUT2D eigenvalue weighted by atomic mass is 10.1. The maximum Gasteiger partial charge on any atom is 0.339 e. The van der Waals surface area contributed by atoms with Crippen molar-refractivity contribution in [3.8, 4) is 0 Å². The number of para-hydroxylation sites is 1. The van der Waals surface area contributed by atoms with Gasteiger partial charge in [0.25, 0.3) is 5.91 Å². The molecule has 0 aliphatic rings. The van der Waals surface area contributed by atoms with E-state index in [4.69, 9.17) is 4.74 Å². The fourth-order valence-corrected chi connectivity index (χ4v) is 2.59. The monoisotopic (exact) mass is 361 g/mol. The van der Waals surface area contributed by atoms with E-state index in [1.807, 2.05) is 31.2 Å². The predicted octanol–water partition coefficient (Wildman–Crippen LogP) is 4.17. The van der Waals surface area contributed by atoms with E-state index in [1.54, 1.807) is 42.6 Å². The van der Waals surface area contributed by atoms with Crippen LogP contribution in [0.25, 0.3) is 0 Å². The molecule has 0 unspecified atom stereocenters. The van der Waals surface area contributed by atoms with Crippen LogP contribution in [-0.4, -0.2) is 24.0 Å². The van der Waals surface area contributed by atoms with Gasteiger partial charge >= 0.3 is 5.97 Å². The average molecular weight is 361 g/mol. The minimum atomic E-state index is -0.520. The number of carbonyl (C=O) groups is 2. The van der Waals surface area contributed by atoms with Gasteiger partial charge in [0.2, 0.25) is 0 Å². The lowest BCUT2D eigenvalue weighted by Gasteiger charge is -2.11. The Balaban J connectivity index is 1.79. The molecule has 136 valence electrons. The van der Waals surface area contributed by atoms with Gasteiger partial charge in [0, 0.05) is 17.6 Å². The molecule has 6 heteroatoms. The number of esters is 1. The summed E-state index contributed by atoms with van der Waals surface area (Å²) in [6.45, 7) is 2.01. The number of methoxy groups -OCH3 is 1. The number of pyridine rings is 1. The SMILES string of the molecule is COC(=O)c1ccccc1NC(=O)c1cc(Nc2cccc(C)c2)ccn1. The van der Waals surface area contributed by atoms with Gasteiger partial charge in [-0.1, -0.05) is 24.3 Å². The molecule has 0 radical (unpaired) electrons. The van der Waals surface area contributed by atoms with Crippen molar-refractivity contribution in [3.05, 3.63) is 83.7 Å². The summed E-state index contributed by atoms with van der Waals surface area (Å²) in [4.78, 5) is 28.5. The van der Waals surface area contributed by atoms with E-state index < -0.39 is 11.9 Å². The highest BCUT2D eigenvalue weighted by Crippen LogP contribution is 2.20. The molecular weight excluding hydrogens is 342 g/mol. The highest BCUT2D eigenvalue weighted by atomic mass is 16.5. The van der Waals surface area contributed by atoms with E-state index in [9.17, 15) is 9.59 Å². The molecule has 1 aromatic heterocycles. The van der Waals surface area contributed by atoms with Crippen LogP contribution in [0.3, 0.4) is 0 Å². The van der Waals surface area contributed by atoms with Gasteiger partial charge in [0.1, 0.15) is 5.69 Å². The molecule has 3 rings (SSSR count). The van der Waals surface area contributed by atoms with Crippen LogP contribution in [0.1, 0.15) is 26.4 Å². The van der Waals surface area contributed by atoms with Crippen molar-refractivity contribution >= 4 is 28.9 Å². The molecule has 0 saturated carbocycles. The van der Waals surface area contributed by atoms with Crippen molar-refractivity contribution in [1.82, 2.24) is 4.98 Å². The fraction of sp³-hybridized carbons (Fsp3) is 0.0952. The lowest BCUT2D eigenvalue weighted by Crippen LogP contribution is -2.16. The average Bonchev–Trinajstić information content (AvgIpc) is 2.68. The van der Waals surface area contributed by atoms with Crippen molar-refractivity contribution in [2.24, 2.45) is 0 Å². The number of nitrogens with one attached hydrogen (secondary N) is 2. The molecule has 0 fully saturated rings. The van der Waals surface area contributed by atoms with Crippen LogP contribution < -0.4 is 10.6 Å². The van der Waals surface area contributed by atoms with E-state index in [2.05, 4.69) is 15.6 Å². The summed E-state index contributed by atoms with van der Waals surface area (Å²) in [6.07, 6.45) is 1.55. The third-order valence-electron chi connectivity index (χ3n) is 3.88. The second-order valence-corrected chi connectivity index (χ2v) is 5.92. The zero-order valence-corrected chi connectivity index (χ0v) is 15.0. The fourth-order valence-electron chi connectivity index (χ4n) is 2.59. The van der Waals surface area contributed by atoms with Crippen molar-refractivity contribution in [2.75, 3.05) is 17.7 Å². The standard InChI is InChI=1S/C21H19N3O3/c1-14-6-5-7-15(12-14)23-16-10-11-22-19(13-16)20(25)24-18-9-4-3-8-17(18)21(26)27-2/h3-13H,1-2H3,(H,22,23)(H,24,25). The quantitative estimate of drug-likeness (QED) is 0.667. The van der Waals surface area contributed by atoms with Gasteiger partial charge in [-0.3, -0.25) is 9.78 Å². The minimum absolute atomic E-state index is 0.229. The molecule has 0 saturated heterocycles. The maximum atomic E-state index is 12.6. The lowest BCUT2D eigenvalue weighted by molar-refractivity contribution is 0.0602. The molecule has 1 amide bonds. The van der Waals surface area contributed by atoms with Crippen LogP contribution in [0.2, 0.25) is 0 Å². The number of hydrogen-bond donors (Lipinski definition) is 2. The largest absolute Gasteiger partial charge is 0.465 e. The zero-order valence-electron chi connectivity index (χ0n) is 15.0. The van der Waals surface area contributed by atoms with E-state index >= 15 is 0 Å². The Morgan fingerprint density at radius 1 is 0.963 bits per heavy atom. The van der Waals surface area contributed by atoms with Crippen LogP contribution in [0.5, 0.6) is 0 Å². The summed E-state index contributed by atoms with van der Waals surface area (Å²) in [7, 11) is 1.29. The van der Waals surface area contributed by atoms with Crippen molar-refractivity contribution in [2.45, 2.75) is 6.92 Å². The Bertz CT molecular complexity index is 986. The van der Waals surface area contributed by atoms with Gasteiger partial charge in [-0.05, 0) is 48.9 Å². The highest BCUT2D eigenvalue weighted by molar-refractivity contribution is 6.07. The zero-order chi connectivity index (χ0) is 19.2. The summed E-state index contributed by atoms with van der Waals surface area (Å²) in [5.74, 6) is -0.937. The minimum Gasteiger partial charge on any atom is -0.465 e. The van der Waals surface area contributed by atoms with Crippen LogP contribution in [0.15, 0.2) is 66.9 Å². The van der Waals surface area contributed by atoms with E-state index in [-0.39, 0.29) is 11.3 Å². The first-order chi connectivity index (χ1) is 13.1. The molecule has 3 aromatic rings. The number of ether oxygens (including phenoxy) is 1. The number of hydrogen-bond acceptors (Lipinski definition) is 5. The number of aryl methyl sites for hydroxylation is 1. The maximum absolute atomic E-state index is 12.6. The highest BCUT2D eigenvalue weighted by Gasteiger charge is 2.15. The summed E-state index contributed by atoms with van der Waals surface area (Å²) in [5.41, 5.74) is 3.67. The number of rotatable bonds is 5. The summed E-state index contributed by atoms with van der Waals surface area (Å²) in [6, 6.07) is 18.0. The molecule has 2 N–H and O–H groups in total. The molecule has 6 nitrogen and oxygen atoms in total. The Kier molecular flexibility index (Phi) is 5.47. The van der Waals surface area contributed by atoms with E-state index in [1.165, 1.54) is 7.11 Å². The van der Waals surface area contributed by atoms with Gasteiger partial charge in [0.05, 0.1) is 18.4 Å². The summed E-state index contributed by atoms with van der Waals surface area (Å²) >= 11 is 0. The Morgan fingerprint density at radius 2 is 1.74 bits per heavy atom. The first-order valence-electron chi connectivity index (χ1n) is 8.35. The van der Waals surface area contributed by atoms with Gasteiger partial charge in [0.15, 0.2) is 0 Å². The predicted molar refractivity (Wildman–Crippen MR) is 104 cm³/mol. The molecule has 0 bridgehead atoms. The first-order valence-corrected chi connectivity index (χ1v) is 8.35. The molecular formula is C21H19N3O3. The number of carbonyl (C=O) groups excluding carboxylic acids is 2.